The minimum Gasteiger partial charge on any atom is -0.350 e. The normalized spacial score (nSPS) is 14.8. The zero-order valence-corrected chi connectivity index (χ0v) is 14.1. The van der Waals surface area contributed by atoms with Crippen molar-refractivity contribution in [3.63, 3.8) is 0 Å². The van der Waals surface area contributed by atoms with Crippen LogP contribution in [0.1, 0.15) is 48.3 Å². The van der Waals surface area contributed by atoms with Crippen LogP contribution in [-0.2, 0) is 30.6 Å². The molecule has 0 atom stereocenters. The van der Waals surface area contributed by atoms with Gasteiger partial charge in [-0.05, 0) is 32.8 Å². The lowest BCUT2D eigenvalue weighted by molar-refractivity contribution is -0.141. The van der Waals surface area contributed by atoms with Gasteiger partial charge in [0.1, 0.15) is 6.54 Å². The fraction of sp³-hybridized carbons (Fsp3) is 0.562. The van der Waals surface area contributed by atoms with E-state index in [2.05, 4.69) is 15.5 Å². The largest absolute Gasteiger partial charge is 0.435 e. The molecule has 3 rings (SSSR count). The molecular formula is C16H20F3N5O. The summed E-state index contributed by atoms with van der Waals surface area (Å²) in [7, 11) is 0. The maximum Gasteiger partial charge on any atom is 0.435 e. The Hall–Kier alpha value is -2.32. The lowest BCUT2D eigenvalue weighted by atomic mass is 10.2. The summed E-state index contributed by atoms with van der Waals surface area (Å²) in [6.07, 6.45) is -0.988. The Balaban J connectivity index is 1.66. The summed E-state index contributed by atoms with van der Waals surface area (Å²) in [5.41, 5.74) is 1.24. The van der Waals surface area contributed by atoms with Crippen molar-refractivity contribution in [2.24, 2.45) is 0 Å². The molecule has 0 spiro atoms. The predicted molar refractivity (Wildman–Crippen MR) is 83.7 cm³/mol. The third kappa shape index (κ3) is 4.02. The molecule has 0 aromatic carbocycles. The first-order chi connectivity index (χ1) is 11.8. The minimum atomic E-state index is -4.50. The second kappa shape index (κ2) is 6.53. The predicted octanol–water partition coefficient (Wildman–Crippen LogP) is 2.62. The second-order valence-electron chi connectivity index (χ2n) is 6.26. The van der Waals surface area contributed by atoms with Crippen LogP contribution in [-0.4, -0.2) is 25.5 Å². The van der Waals surface area contributed by atoms with Gasteiger partial charge in [0.15, 0.2) is 5.69 Å². The van der Waals surface area contributed by atoms with E-state index in [1.807, 2.05) is 20.0 Å². The molecule has 1 saturated carbocycles. The van der Waals surface area contributed by atoms with E-state index in [1.54, 1.807) is 4.68 Å². The van der Waals surface area contributed by atoms with E-state index in [1.165, 1.54) is 4.68 Å². The van der Waals surface area contributed by atoms with Gasteiger partial charge in [0.05, 0.1) is 5.69 Å². The number of nitrogens with zero attached hydrogens (tertiary/aromatic N) is 4. The van der Waals surface area contributed by atoms with E-state index in [0.29, 0.717) is 5.69 Å². The van der Waals surface area contributed by atoms with Gasteiger partial charge in [-0.25, -0.2) is 0 Å². The number of alkyl halides is 3. The van der Waals surface area contributed by atoms with Crippen molar-refractivity contribution in [3.05, 3.63) is 34.9 Å². The summed E-state index contributed by atoms with van der Waals surface area (Å²) in [5.74, 6) is -0.302. The molecule has 0 saturated heterocycles. The Morgan fingerprint density at radius 1 is 1.36 bits per heavy atom. The number of nitrogens with one attached hydrogen (secondary N) is 1. The molecule has 6 nitrogen and oxygen atoms in total. The summed E-state index contributed by atoms with van der Waals surface area (Å²) < 4.78 is 41.5. The molecule has 1 fully saturated rings. The zero-order valence-electron chi connectivity index (χ0n) is 14.1. The second-order valence-corrected chi connectivity index (χ2v) is 6.26. The number of aryl methyl sites for hydroxylation is 2. The van der Waals surface area contributed by atoms with Crippen molar-refractivity contribution in [1.82, 2.24) is 24.9 Å². The highest BCUT2D eigenvalue weighted by atomic mass is 19.4. The summed E-state index contributed by atoms with van der Waals surface area (Å²) in [6, 6.07) is 1.06. The molecule has 1 aliphatic rings. The van der Waals surface area contributed by atoms with E-state index in [0.717, 1.165) is 36.7 Å². The van der Waals surface area contributed by atoms with Crippen LogP contribution in [0.25, 0.3) is 0 Å². The molecule has 2 aromatic rings. The molecule has 1 N–H and O–H groups in total. The quantitative estimate of drug-likeness (QED) is 0.866. The fourth-order valence-electron chi connectivity index (χ4n) is 2.68. The molecule has 0 bridgehead atoms. The van der Waals surface area contributed by atoms with Crippen LogP contribution in [0.2, 0.25) is 0 Å². The van der Waals surface area contributed by atoms with Crippen molar-refractivity contribution in [3.8, 4) is 0 Å². The molecule has 25 heavy (non-hydrogen) atoms. The highest BCUT2D eigenvalue weighted by Crippen LogP contribution is 2.42. The minimum absolute atomic E-state index is 0.0708. The maximum absolute atomic E-state index is 12.9. The van der Waals surface area contributed by atoms with Gasteiger partial charge >= 0.3 is 6.18 Å². The van der Waals surface area contributed by atoms with Gasteiger partial charge in [-0.1, -0.05) is 0 Å². The molecule has 136 valence electrons. The average Bonchev–Trinajstić information content (AvgIpc) is 3.18. The third-order valence-electron chi connectivity index (χ3n) is 4.24. The van der Waals surface area contributed by atoms with Gasteiger partial charge in [0.25, 0.3) is 0 Å². The van der Waals surface area contributed by atoms with E-state index in [-0.39, 0.29) is 24.9 Å². The lowest BCUT2D eigenvalue weighted by Gasteiger charge is -2.08. The first-order valence-electron chi connectivity index (χ1n) is 8.22. The number of hydrogen-bond acceptors (Lipinski definition) is 3. The van der Waals surface area contributed by atoms with E-state index in [9.17, 15) is 18.0 Å². The molecule has 0 unspecified atom stereocenters. The molecule has 1 aliphatic carbocycles. The standard InChI is InChI=1S/C16H20F3N5O/c1-3-23-8-12(10(2)21-23)7-20-15(25)9-24-13(11-4-5-11)6-14(22-24)16(17,18)19/h6,8,11H,3-5,7,9H2,1-2H3,(H,20,25). The maximum atomic E-state index is 12.9. The highest BCUT2D eigenvalue weighted by molar-refractivity contribution is 5.75. The number of rotatable bonds is 6. The molecule has 0 aliphatic heterocycles. The Morgan fingerprint density at radius 3 is 2.64 bits per heavy atom. The van der Waals surface area contributed by atoms with Gasteiger partial charge in [0.2, 0.25) is 5.91 Å². The van der Waals surface area contributed by atoms with Crippen LogP contribution in [0, 0.1) is 6.92 Å². The van der Waals surface area contributed by atoms with Crippen LogP contribution in [0.5, 0.6) is 0 Å². The molecule has 9 heteroatoms. The van der Waals surface area contributed by atoms with Crippen molar-refractivity contribution >= 4 is 5.91 Å². The van der Waals surface area contributed by atoms with Crippen LogP contribution in [0.4, 0.5) is 13.2 Å². The summed E-state index contributed by atoms with van der Waals surface area (Å²) in [5, 5.41) is 10.6. The monoisotopic (exact) mass is 355 g/mol. The number of halogens is 3. The first kappa shape index (κ1) is 17.5. The number of carbonyl (C=O) groups is 1. The van der Waals surface area contributed by atoms with Gasteiger partial charge in [0, 0.05) is 36.5 Å². The van der Waals surface area contributed by atoms with E-state index >= 15 is 0 Å². The number of hydrogen-bond donors (Lipinski definition) is 1. The molecule has 1 amide bonds. The third-order valence-corrected chi connectivity index (χ3v) is 4.24. The SMILES string of the molecule is CCn1cc(CNC(=O)Cn2nc(C(F)(F)F)cc2C2CC2)c(C)n1. The topological polar surface area (TPSA) is 64.7 Å². The summed E-state index contributed by atoms with van der Waals surface area (Å²) in [4.78, 5) is 12.1. The highest BCUT2D eigenvalue weighted by Gasteiger charge is 2.38. The van der Waals surface area contributed by atoms with Crippen molar-refractivity contribution < 1.29 is 18.0 Å². The number of aromatic nitrogens is 4. The van der Waals surface area contributed by atoms with Crippen LogP contribution in [0.15, 0.2) is 12.3 Å². The van der Waals surface area contributed by atoms with Crippen molar-refractivity contribution in [2.75, 3.05) is 0 Å². The van der Waals surface area contributed by atoms with Gasteiger partial charge in [-0.2, -0.15) is 23.4 Å². The van der Waals surface area contributed by atoms with E-state index < -0.39 is 11.9 Å². The first-order valence-corrected chi connectivity index (χ1v) is 8.22. The molecule has 2 aromatic heterocycles. The van der Waals surface area contributed by atoms with Crippen molar-refractivity contribution in [2.45, 2.75) is 58.4 Å². The fourth-order valence-corrected chi connectivity index (χ4v) is 2.68. The van der Waals surface area contributed by atoms with Crippen LogP contribution in [0.3, 0.4) is 0 Å². The molecular weight excluding hydrogens is 335 g/mol. The average molecular weight is 355 g/mol. The van der Waals surface area contributed by atoms with Gasteiger partial charge in [-0.15, -0.1) is 0 Å². The Kier molecular flexibility index (Phi) is 4.57. The van der Waals surface area contributed by atoms with Gasteiger partial charge in [-0.3, -0.25) is 14.2 Å². The number of carbonyl (C=O) groups excluding carboxylic acids is 1. The number of amides is 1. The molecule has 2 heterocycles. The van der Waals surface area contributed by atoms with Gasteiger partial charge < -0.3 is 5.32 Å². The van der Waals surface area contributed by atoms with E-state index in [4.69, 9.17) is 0 Å². The van der Waals surface area contributed by atoms with Crippen LogP contribution < -0.4 is 5.32 Å². The van der Waals surface area contributed by atoms with Crippen LogP contribution >= 0.6 is 0 Å². The van der Waals surface area contributed by atoms with Crippen molar-refractivity contribution in [1.29, 1.82) is 0 Å². The lowest BCUT2D eigenvalue weighted by Crippen LogP contribution is -2.28. The summed E-state index contributed by atoms with van der Waals surface area (Å²) in [6.45, 7) is 4.61. The Morgan fingerprint density at radius 2 is 2.08 bits per heavy atom. The zero-order chi connectivity index (χ0) is 18.2. The Labute approximate surface area is 143 Å². The smallest absolute Gasteiger partial charge is 0.350 e. The molecule has 0 radical (unpaired) electrons. The summed E-state index contributed by atoms with van der Waals surface area (Å²) >= 11 is 0. The Bertz CT molecular complexity index is 773.